The van der Waals surface area contributed by atoms with Crippen molar-refractivity contribution >= 4 is 16.8 Å². The van der Waals surface area contributed by atoms with Crippen LogP contribution in [0.4, 0.5) is 0 Å². The maximum Gasteiger partial charge on any atom is 0.125 e. The Hall–Kier alpha value is -1.76. The van der Waals surface area contributed by atoms with Crippen LogP contribution in [0.5, 0.6) is 0 Å². The van der Waals surface area contributed by atoms with Crippen molar-refractivity contribution in [3.63, 3.8) is 0 Å². The summed E-state index contributed by atoms with van der Waals surface area (Å²) in [4.78, 5) is 0. The van der Waals surface area contributed by atoms with E-state index < -0.39 is 6.10 Å². The van der Waals surface area contributed by atoms with Gasteiger partial charge in [0.2, 0.25) is 0 Å². The fourth-order valence-electron chi connectivity index (χ4n) is 3.54. The number of aliphatic hydroxyl groups is 1. The third kappa shape index (κ3) is 4.45. The Morgan fingerprint density at radius 2 is 1.56 bits per heavy atom. The number of rotatable bonds is 10. The third-order valence-electron chi connectivity index (χ3n) is 4.86. The van der Waals surface area contributed by atoms with Gasteiger partial charge in [0.1, 0.15) is 38.8 Å². The van der Waals surface area contributed by atoms with Crippen LogP contribution in [0.25, 0.3) is 16.8 Å². The van der Waals surface area contributed by atoms with Crippen molar-refractivity contribution in [2.45, 2.75) is 6.10 Å². The van der Waals surface area contributed by atoms with Crippen LogP contribution in [0, 0.1) is 0 Å². The second-order valence-electron chi connectivity index (χ2n) is 6.72. The van der Waals surface area contributed by atoms with E-state index in [0.717, 1.165) is 56.9 Å². The Balaban J connectivity index is 1.49. The van der Waals surface area contributed by atoms with Crippen LogP contribution < -0.4 is 21.7 Å². The first kappa shape index (κ1) is 18.0. The van der Waals surface area contributed by atoms with Crippen LogP contribution in [0.3, 0.4) is 0 Å². The minimum absolute atomic E-state index is 0.482. The average Bonchev–Trinajstić information content (AvgIpc) is 2.64. The normalized spacial score (nSPS) is 16.2. The molecule has 1 aliphatic carbocycles. The molecule has 0 radical (unpaired) electrons. The average molecular weight is 343 g/mol. The molecule has 0 aliphatic heterocycles. The highest BCUT2D eigenvalue weighted by Gasteiger charge is 2.22. The van der Waals surface area contributed by atoms with E-state index in [-0.39, 0.29) is 0 Å². The van der Waals surface area contributed by atoms with Gasteiger partial charge in [0.15, 0.2) is 0 Å². The van der Waals surface area contributed by atoms with Crippen LogP contribution in [-0.4, -0.2) is 50.9 Å². The molecule has 0 fully saturated rings. The van der Waals surface area contributed by atoms with Gasteiger partial charge >= 0.3 is 0 Å². The fourth-order valence-corrected chi connectivity index (χ4v) is 3.54. The van der Waals surface area contributed by atoms with Gasteiger partial charge in [-0.1, -0.05) is 36.4 Å². The molecule has 1 unspecified atom stereocenters. The zero-order valence-corrected chi connectivity index (χ0v) is 14.8. The van der Waals surface area contributed by atoms with E-state index in [1.165, 1.54) is 16.3 Å². The summed E-state index contributed by atoms with van der Waals surface area (Å²) in [5.41, 5.74) is 8.84. The molecular formula is C20H31N4O+3. The predicted octanol–water partition coefficient (Wildman–Crippen LogP) is -2.08. The molecule has 0 aromatic heterocycles. The molecule has 9 N–H and O–H groups in total. The van der Waals surface area contributed by atoms with E-state index in [0.29, 0.717) is 0 Å². The van der Waals surface area contributed by atoms with E-state index in [2.05, 4.69) is 52.4 Å². The lowest BCUT2D eigenvalue weighted by atomic mass is 9.87. The minimum Gasteiger partial charge on any atom is -0.384 e. The molecule has 25 heavy (non-hydrogen) atoms. The lowest BCUT2D eigenvalue weighted by Gasteiger charge is -2.22. The Morgan fingerprint density at radius 3 is 2.32 bits per heavy atom. The van der Waals surface area contributed by atoms with Gasteiger partial charge in [-0.15, -0.1) is 0 Å². The molecule has 2 aromatic rings. The number of nitrogens with two attached hydrogens (primary N) is 4. The summed E-state index contributed by atoms with van der Waals surface area (Å²) in [6.07, 6.45) is 1.69. The summed E-state index contributed by atoms with van der Waals surface area (Å²) in [6.45, 7) is 7.04. The van der Waals surface area contributed by atoms with Crippen molar-refractivity contribution in [1.29, 1.82) is 0 Å². The third-order valence-corrected chi connectivity index (χ3v) is 4.86. The first-order valence-corrected chi connectivity index (χ1v) is 9.36. The summed E-state index contributed by atoms with van der Waals surface area (Å²) < 4.78 is 0. The molecular weight excluding hydrogens is 312 g/mol. The molecule has 0 heterocycles. The molecule has 1 aliphatic rings. The van der Waals surface area contributed by atoms with Gasteiger partial charge in [0.25, 0.3) is 0 Å². The van der Waals surface area contributed by atoms with Gasteiger partial charge in [-0.3, -0.25) is 0 Å². The second-order valence-corrected chi connectivity index (χ2v) is 6.72. The fraction of sp³-hybridized carbons (Fsp3) is 0.400. The van der Waals surface area contributed by atoms with Crippen LogP contribution in [0.15, 0.2) is 42.0 Å². The van der Waals surface area contributed by atoms with E-state index in [1.807, 2.05) is 6.07 Å². The molecule has 5 heteroatoms. The first-order chi connectivity index (χ1) is 12.3. The van der Waals surface area contributed by atoms with E-state index >= 15 is 0 Å². The van der Waals surface area contributed by atoms with Crippen LogP contribution >= 0.6 is 0 Å². The monoisotopic (exact) mass is 343 g/mol. The number of quaternary nitrogens is 3. The molecule has 0 bridgehead atoms. The topological polar surface area (TPSA) is 96.1 Å². The highest BCUT2D eigenvalue weighted by atomic mass is 16.3. The van der Waals surface area contributed by atoms with Crippen LogP contribution in [0.1, 0.15) is 17.2 Å². The Labute approximate surface area is 149 Å². The lowest BCUT2D eigenvalue weighted by molar-refractivity contribution is -0.748. The molecule has 0 spiro atoms. The van der Waals surface area contributed by atoms with E-state index in [9.17, 15) is 5.11 Å². The number of aliphatic hydroxyl groups excluding tert-OH is 1. The number of benzene rings is 2. The minimum atomic E-state index is -0.482. The van der Waals surface area contributed by atoms with Crippen molar-refractivity contribution in [2.24, 2.45) is 5.73 Å². The highest BCUT2D eigenvalue weighted by molar-refractivity contribution is 5.96. The first-order valence-electron chi connectivity index (χ1n) is 9.36. The molecule has 0 amide bonds. The largest absolute Gasteiger partial charge is 0.384 e. The van der Waals surface area contributed by atoms with Gasteiger partial charge < -0.3 is 26.8 Å². The zero-order valence-electron chi connectivity index (χ0n) is 14.8. The van der Waals surface area contributed by atoms with Gasteiger partial charge in [-0.05, 0) is 28.0 Å². The maximum absolute atomic E-state index is 10.7. The number of hydrogen-bond acceptors (Lipinski definition) is 2. The summed E-state index contributed by atoms with van der Waals surface area (Å²) >= 11 is 0. The zero-order chi connectivity index (χ0) is 17.5. The van der Waals surface area contributed by atoms with Gasteiger partial charge in [-0.2, -0.15) is 0 Å². The molecule has 0 saturated heterocycles. The molecule has 2 aromatic carbocycles. The summed E-state index contributed by atoms with van der Waals surface area (Å²) in [7, 11) is 0. The molecule has 1 atom stereocenters. The highest BCUT2D eigenvalue weighted by Crippen LogP contribution is 2.36. The maximum atomic E-state index is 10.7. The van der Waals surface area contributed by atoms with Crippen LogP contribution in [0.2, 0.25) is 0 Å². The van der Waals surface area contributed by atoms with Crippen molar-refractivity contribution in [1.82, 2.24) is 0 Å². The van der Waals surface area contributed by atoms with Crippen molar-refractivity contribution in [3.8, 4) is 0 Å². The summed E-state index contributed by atoms with van der Waals surface area (Å²) in [5.74, 6) is 0. The summed E-state index contributed by atoms with van der Waals surface area (Å²) in [6, 6.07) is 12.5. The molecule has 134 valence electrons. The quantitative estimate of drug-likeness (QED) is 0.320. The van der Waals surface area contributed by atoms with E-state index in [1.54, 1.807) is 0 Å². The Kier molecular flexibility index (Phi) is 6.55. The Morgan fingerprint density at radius 1 is 0.880 bits per heavy atom. The van der Waals surface area contributed by atoms with Crippen molar-refractivity contribution in [2.75, 3.05) is 45.8 Å². The van der Waals surface area contributed by atoms with Crippen LogP contribution in [-0.2, 0) is 0 Å². The smallest absolute Gasteiger partial charge is 0.125 e. The van der Waals surface area contributed by atoms with Gasteiger partial charge in [-0.25, -0.2) is 0 Å². The van der Waals surface area contributed by atoms with Gasteiger partial charge in [0, 0.05) is 12.1 Å². The SMILES string of the molecule is NCC[NH2+]CC[NH2+]CC[NH2+]CC1=Cc2cccc3cccc(c23)C1O. The molecule has 3 rings (SSSR count). The van der Waals surface area contributed by atoms with Crippen molar-refractivity contribution < 1.29 is 21.1 Å². The standard InChI is InChI=1S/C20H28N4O/c21-7-8-22-9-10-23-11-12-24-14-17-13-16-5-1-3-15-4-2-6-18(19(15)16)20(17)25/h1-6,13,20,22-25H,7-12,14,21H2/p+3. The molecule has 5 nitrogen and oxygen atoms in total. The predicted molar refractivity (Wildman–Crippen MR) is 101 cm³/mol. The second kappa shape index (κ2) is 9.08. The van der Waals surface area contributed by atoms with E-state index in [4.69, 9.17) is 5.73 Å². The van der Waals surface area contributed by atoms with Crippen molar-refractivity contribution in [3.05, 3.63) is 53.1 Å². The molecule has 0 saturated carbocycles. The lowest BCUT2D eigenvalue weighted by Crippen LogP contribution is -2.99. The summed E-state index contributed by atoms with van der Waals surface area (Å²) in [5, 5.41) is 20.1. The number of hydrogen-bond donors (Lipinski definition) is 5. The Bertz CT molecular complexity index is 723. The van der Waals surface area contributed by atoms with Gasteiger partial charge in [0.05, 0.1) is 6.54 Å².